The number of amides is 2. The Balaban J connectivity index is 1.38. The third kappa shape index (κ3) is 3.67. The lowest BCUT2D eigenvalue weighted by Gasteiger charge is -2.26. The monoisotopic (exact) mass is 368 g/mol. The van der Waals surface area contributed by atoms with E-state index in [1.54, 1.807) is 12.1 Å². The molecule has 0 spiro atoms. The fourth-order valence-electron chi connectivity index (χ4n) is 3.11. The number of carbonyl (C=O) groups is 2. The van der Waals surface area contributed by atoms with E-state index >= 15 is 0 Å². The van der Waals surface area contributed by atoms with Gasteiger partial charge in [0.2, 0.25) is 5.91 Å². The van der Waals surface area contributed by atoms with Gasteiger partial charge < -0.3 is 24.8 Å². The molecule has 2 amide bonds. The quantitative estimate of drug-likeness (QED) is 0.866. The van der Waals surface area contributed by atoms with Crippen molar-refractivity contribution in [1.82, 2.24) is 5.32 Å². The molecule has 0 saturated carbocycles. The first-order chi connectivity index (χ1) is 13.1. The molecule has 2 atom stereocenters. The molecule has 0 unspecified atom stereocenters. The van der Waals surface area contributed by atoms with Crippen LogP contribution in [0.25, 0.3) is 0 Å². The van der Waals surface area contributed by atoms with Gasteiger partial charge in [-0.3, -0.25) is 9.59 Å². The van der Waals surface area contributed by atoms with Gasteiger partial charge in [0.1, 0.15) is 19.0 Å². The van der Waals surface area contributed by atoms with E-state index in [-0.39, 0.29) is 24.3 Å². The van der Waals surface area contributed by atoms with Crippen LogP contribution in [0.3, 0.4) is 0 Å². The first kappa shape index (κ1) is 17.2. The first-order valence-corrected chi connectivity index (χ1v) is 8.85. The zero-order chi connectivity index (χ0) is 18.8. The third-order valence-corrected chi connectivity index (χ3v) is 4.52. The van der Waals surface area contributed by atoms with Crippen molar-refractivity contribution < 1.29 is 23.8 Å². The van der Waals surface area contributed by atoms with Gasteiger partial charge >= 0.3 is 0 Å². The number of benzene rings is 2. The Morgan fingerprint density at radius 2 is 1.93 bits per heavy atom. The number of nitrogens with one attached hydrogen (secondary N) is 2. The van der Waals surface area contributed by atoms with Crippen molar-refractivity contribution in [3.63, 3.8) is 0 Å². The summed E-state index contributed by atoms with van der Waals surface area (Å²) in [5, 5.41) is 5.66. The summed E-state index contributed by atoms with van der Waals surface area (Å²) >= 11 is 0. The van der Waals surface area contributed by atoms with Crippen LogP contribution in [0.2, 0.25) is 0 Å². The average Bonchev–Trinajstić information content (AvgIpc) is 2.68. The molecule has 2 aliphatic rings. The van der Waals surface area contributed by atoms with Crippen LogP contribution in [-0.2, 0) is 9.59 Å². The molecule has 140 valence electrons. The zero-order valence-corrected chi connectivity index (χ0v) is 14.9. The minimum absolute atomic E-state index is 0.0605. The number of hydrogen-bond donors (Lipinski definition) is 2. The smallest absolute Gasteiger partial charge is 0.266 e. The van der Waals surface area contributed by atoms with E-state index in [4.69, 9.17) is 14.2 Å². The van der Waals surface area contributed by atoms with Gasteiger partial charge in [-0.15, -0.1) is 0 Å². The standard InChI is InChI=1S/C20H20N2O5/c1-12(13-6-7-16-17(10-13)26-9-8-25-16)21-19(23)11-18-20(24)22-14-4-2-3-5-15(14)27-18/h2-7,10,12,18H,8-9,11H2,1H3,(H,21,23)(H,22,24)/t12-,18-/m0/s1. The van der Waals surface area contributed by atoms with Gasteiger partial charge in [-0.2, -0.15) is 0 Å². The maximum absolute atomic E-state index is 12.4. The molecule has 2 N–H and O–H groups in total. The predicted molar refractivity (Wildman–Crippen MR) is 98.1 cm³/mol. The molecule has 27 heavy (non-hydrogen) atoms. The van der Waals surface area contributed by atoms with E-state index in [0.717, 1.165) is 5.56 Å². The lowest BCUT2D eigenvalue weighted by Crippen LogP contribution is -2.41. The van der Waals surface area contributed by atoms with Crippen LogP contribution >= 0.6 is 0 Å². The number of anilines is 1. The Bertz CT molecular complexity index is 882. The highest BCUT2D eigenvalue weighted by Crippen LogP contribution is 2.33. The second-order valence-corrected chi connectivity index (χ2v) is 6.49. The van der Waals surface area contributed by atoms with Crippen LogP contribution < -0.4 is 24.8 Å². The van der Waals surface area contributed by atoms with E-state index in [1.165, 1.54) is 0 Å². The topological polar surface area (TPSA) is 85.9 Å². The van der Waals surface area contributed by atoms with Gasteiger partial charge in [0.25, 0.3) is 5.91 Å². The SMILES string of the molecule is C[C@H](NC(=O)C[C@@H]1Oc2ccccc2NC1=O)c1ccc2c(c1)OCCO2. The van der Waals surface area contributed by atoms with Crippen molar-refractivity contribution in [2.24, 2.45) is 0 Å². The molecule has 4 rings (SSSR count). The number of ether oxygens (including phenoxy) is 3. The predicted octanol–water partition coefficient (Wildman–Crippen LogP) is 2.42. The summed E-state index contributed by atoms with van der Waals surface area (Å²) in [4.78, 5) is 24.6. The van der Waals surface area contributed by atoms with Crippen LogP contribution in [0.4, 0.5) is 5.69 Å². The second kappa shape index (κ2) is 7.19. The molecule has 0 saturated heterocycles. The van der Waals surface area contributed by atoms with Crippen molar-refractivity contribution in [2.45, 2.75) is 25.5 Å². The van der Waals surface area contributed by atoms with Crippen molar-refractivity contribution in [1.29, 1.82) is 0 Å². The Hall–Kier alpha value is -3.22. The van der Waals surface area contributed by atoms with E-state index in [1.807, 2.05) is 37.3 Å². The number of fused-ring (bicyclic) bond motifs is 2. The zero-order valence-electron chi connectivity index (χ0n) is 14.9. The van der Waals surface area contributed by atoms with Crippen LogP contribution in [-0.4, -0.2) is 31.1 Å². The average molecular weight is 368 g/mol. The van der Waals surface area contributed by atoms with Crippen molar-refractivity contribution in [2.75, 3.05) is 18.5 Å². The Kier molecular flexibility index (Phi) is 4.58. The minimum Gasteiger partial charge on any atom is -0.486 e. The summed E-state index contributed by atoms with van der Waals surface area (Å²) < 4.78 is 16.8. The molecule has 0 bridgehead atoms. The summed E-state index contributed by atoms with van der Waals surface area (Å²) in [7, 11) is 0. The molecule has 0 aliphatic carbocycles. The van der Waals surface area contributed by atoms with Gasteiger partial charge in [0.15, 0.2) is 17.6 Å². The molecule has 0 fully saturated rings. The summed E-state index contributed by atoms with van der Waals surface area (Å²) in [6, 6.07) is 12.5. The molecular weight excluding hydrogens is 348 g/mol. The molecule has 2 aromatic rings. The van der Waals surface area contributed by atoms with E-state index in [2.05, 4.69) is 10.6 Å². The van der Waals surface area contributed by atoms with Gasteiger partial charge in [-0.25, -0.2) is 0 Å². The molecule has 0 aromatic heterocycles. The second-order valence-electron chi connectivity index (χ2n) is 6.49. The van der Waals surface area contributed by atoms with Crippen LogP contribution in [0.15, 0.2) is 42.5 Å². The third-order valence-electron chi connectivity index (χ3n) is 4.52. The number of rotatable bonds is 4. The van der Waals surface area contributed by atoms with Crippen LogP contribution in [0.5, 0.6) is 17.2 Å². The molecule has 2 aromatic carbocycles. The fraction of sp³-hybridized carbons (Fsp3) is 0.300. The van der Waals surface area contributed by atoms with E-state index in [9.17, 15) is 9.59 Å². The van der Waals surface area contributed by atoms with Gasteiger partial charge in [-0.05, 0) is 36.8 Å². The van der Waals surface area contributed by atoms with E-state index < -0.39 is 6.10 Å². The lowest BCUT2D eigenvalue weighted by atomic mass is 10.1. The maximum Gasteiger partial charge on any atom is 0.266 e. The van der Waals surface area contributed by atoms with Crippen LogP contribution in [0, 0.1) is 0 Å². The van der Waals surface area contributed by atoms with E-state index in [0.29, 0.717) is 36.1 Å². The summed E-state index contributed by atoms with van der Waals surface area (Å²) in [5.41, 5.74) is 1.51. The lowest BCUT2D eigenvalue weighted by molar-refractivity contribution is -0.130. The summed E-state index contributed by atoms with van der Waals surface area (Å²) in [5.74, 6) is 1.35. The summed E-state index contributed by atoms with van der Waals surface area (Å²) in [6.45, 7) is 2.92. The largest absolute Gasteiger partial charge is 0.486 e. The van der Waals surface area contributed by atoms with Gasteiger partial charge in [0, 0.05) is 0 Å². The molecule has 7 nitrogen and oxygen atoms in total. The maximum atomic E-state index is 12.4. The highest BCUT2D eigenvalue weighted by atomic mass is 16.6. The number of hydrogen-bond acceptors (Lipinski definition) is 5. The molecule has 2 aliphatic heterocycles. The number of carbonyl (C=O) groups excluding carboxylic acids is 2. The molecule has 7 heteroatoms. The van der Waals surface area contributed by atoms with Crippen molar-refractivity contribution in [3.8, 4) is 17.2 Å². The van der Waals surface area contributed by atoms with Crippen LogP contribution in [0.1, 0.15) is 24.9 Å². The van der Waals surface area contributed by atoms with Gasteiger partial charge in [0.05, 0.1) is 18.2 Å². The Morgan fingerprint density at radius 1 is 1.15 bits per heavy atom. The Labute approximate surface area is 156 Å². The molecule has 0 radical (unpaired) electrons. The number of para-hydroxylation sites is 2. The summed E-state index contributed by atoms with van der Waals surface area (Å²) in [6.07, 6.45) is -0.915. The first-order valence-electron chi connectivity index (χ1n) is 8.85. The Morgan fingerprint density at radius 3 is 2.78 bits per heavy atom. The van der Waals surface area contributed by atoms with Gasteiger partial charge in [-0.1, -0.05) is 18.2 Å². The normalized spacial score (nSPS) is 18.6. The molecule has 2 heterocycles. The van der Waals surface area contributed by atoms with Crippen molar-refractivity contribution in [3.05, 3.63) is 48.0 Å². The highest BCUT2D eigenvalue weighted by Gasteiger charge is 2.30. The van der Waals surface area contributed by atoms with Crippen molar-refractivity contribution >= 4 is 17.5 Å². The molecular formula is C20H20N2O5. The fourth-order valence-corrected chi connectivity index (χ4v) is 3.11. The minimum atomic E-state index is -0.854. The highest BCUT2D eigenvalue weighted by molar-refractivity contribution is 5.99.